The number of benzene rings is 2. The Bertz CT molecular complexity index is 820. The molecule has 3 rings (SSSR count). The van der Waals surface area contributed by atoms with Crippen LogP contribution in [0, 0.1) is 19.8 Å². The molecule has 2 N–H and O–H groups in total. The summed E-state index contributed by atoms with van der Waals surface area (Å²) in [6, 6.07) is 15.6. The Morgan fingerprint density at radius 1 is 1.19 bits per heavy atom. The molecule has 142 valence electrons. The average Bonchev–Trinajstić information content (AvgIpc) is 3.05. The first-order chi connectivity index (χ1) is 12.9. The van der Waals surface area contributed by atoms with Crippen LogP contribution in [0.3, 0.4) is 0 Å². The maximum absolute atomic E-state index is 12.4. The lowest BCUT2D eigenvalue weighted by Gasteiger charge is -2.18. The van der Waals surface area contributed by atoms with Crippen LogP contribution >= 0.6 is 0 Å². The van der Waals surface area contributed by atoms with Crippen molar-refractivity contribution in [2.24, 2.45) is 5.92 Å². The monoisotopic (exact) mass is 366 g/mol. The molecule has 0 aromatic heterocycles. The molecule has 0 bridgehead atoms. The second-order valence-electron chi connectivity index (χ2n) is 7.26. The molecule has 1 aliphatic heterocycles. The zero-order valence-corrected chi connectivity index (χ0v) is 15.8. The number of anilines is 1. The number of amides is 2. The van der Waals surface area contributed by atoms with Crippen LogP contribution < -0.4 is 10.2 Å². The predicted molar refractivity (Wildman–Crippen MR) is 106 cm³/mol. The third kappa shape index (κ3) is 4.74. The highest BCUT2D eigenvalue weighted by molar-refractivity contribution is 6.00. The van der Waals surface area contributed by atoms with Crippen molar-refractivity contribution in [2.75, 3.05) is 18.0 Å². The molecule has 5 nitrogen and oxygen atoms in total. The Balaban J connectivity index is 1.53. The van der Waals surface area contributed by atoms with Crippen molar-refractivity contribution in [1.29, 1.82) is 0 Å². The maximum atomic E-state index is 12.4. The molecule has 2 atom stereocenters. The van der Waals surface area contributed by atoms with Gasteiger partial charge in [-0.25, -0.2) is 0 Å². The number of aryl methyl sites for hydroxylation is 2. The Kier molecular flexibility index (Phi) is 5.91. The number of carbonyl (C=O) groups excluding carboxylic acids is 2. The van der Waals surface area contributed by atoms with E-state index in [0.29, 0.717) is 13.0 Å². The number of hydrogen-bond donors (Lipinski definition) is 2. The predicted octanol–water partition coefficient (Wildman–Crippen LogP) is 2.38. The van der Waals surface area contributed by atoms with E-state index in [-0.39, 0.29) is 30.7 Å². The first-order valence-corrected chi connectivity index (χ1v) is 9.31. The number of aliphatic hydroxyl groups is 1. The summed E-state index contributed by atoms with van der Waals surface area (Å²) in [4.78, 5) is 26.5. The number of carbonyl (C=O) groups is 2. The lowest BCUT2D eigenvalue weighted by atomic mass is 10.1. The minimum atomic E-state index is -0.649. The van der Waals surface area contributed by atoms with Gasteiger partial charge in [-0.1, -0.05) is 36.4 Å². The smallest absolute Gasteiger partial charge is 0.227 e. The lowest BCUT2D eigenvalue weighted by molar-refractivity contribution is -0.126. The molecule has 1 heterocycles. The van der Waals surface area contributed by atoms with Crippen molar-refractivity contribution in [3.8, 4) is 0 Å². The Morgan fingerprint density at radius 2 is 1.93 bits per heavy atom. The molecule has 1 fully saturated rings. The first kappa shape index (κ1) is 19.1. The Hall–Kier alpha value is -2.66. The zero-order chi connectivity index (χ0) is 19.4. The molecule has 5 heteroatoms. The summed E-state index contributed by atoms with van der Waals surface area (Å²) in [5.74, 6) is -0.604. The number of rotatable bonds is 6. The molecule has 0 saturated carbocycles. The van der Waals surface area contributed by atoms with Crippen molar-refractivity contribution in [2.45, 2.75) is 32.8 Å². The molecule has 2 aromatic rings. The topological polar surface area (TPSA) is 69.6 Å². The van der Waals surface area contributed by atoms with Gasteiger partial charge < -0.3 is 15.3 Å². The first-order valence-electron chi connectivity index (χ1n) is 9.31. The second kappa shape index (κ2) is 8.35. The Morgan fingerprint density at radius 3 is 2.63 bits per heavy atom. The standard InChI is InChI=1S/C22H26N2O3/c1-15-8-9-19(10-16(15)2)24-14-18(12-21(24)26)22(27)23-13-20(25)11-17-6-4-3-5-7-17/h3-10,18,20,25H,11-14H2,1-2H3,(H,23,27)/t18-,20+/m1/s1. The quantitative estimate of drug-likeness (QED) is 0.825. The van der Waals surface area contributed by atoms with Gasteiger partial charge in [-0.2, -0.15) is 0 Å². The third-order valence-electron chi connectivity index (χ3n) is 5.12. The van der Waals surface area contributed by atoms with Crippen molar-refractivity contribution >= 4 is 17.5 Å². The van der Waals surface area contributed by atoms with E-state index in [2.05, 4.69) is 5.32 Å². The number of hydrogen-bond acceptors (Lipinski definition) is 3. The van der Waals surface area contributed by atoms with E-state index in [1.165, 1.54) is 5.56 Å². The molecule has 0 aliphatic carbocycles. The van der Waals surface area contributed by atoms with Gasteiger partial charge >= 0.3 is 0 Å². The molecule has 0 spiro atoms. The van der Waals surface area contributed by atoms with Crippen LogP contribution in [0.25, 0.3) is 0 Å². The molecule has 27 heavy (non-hydrogen) atoms. The average molecular weight is 366 g/mol. The van der Waals surface area contributed by atoms with E-state index in [0.717, 1.165) is 16.8 Å². The number of nitrogens with zero attached hydrogens (tertiary/aromatic N) is 1. The van der Waals surface area contributed by atoms with E-state index < -0.39 is 6.10 Å². The van der Waals surface area contributed by atoms with Crippen molar-refractivity contribution in [3.05, 3.63) is 65.2 Å². The highest BCUT2D eigenvalue weighted by Crippen LogP contribution is 2.26. The molecule has 2 amide bonds. The van der Waals surface area contributed by atoms with Crippen LogP contribution in [0.1, 0.15) is 23.1 Å². The highest BCUT2D eigenvalue weighted by Gasteiger charge is 2.35. The molecule has 0 unspecified atom stereocenters. The van der Waals surface area contributed by atoms with E-state index in [1.807, 2.05) is 62.4 Å². The second-order valence-corrected chi connectivity index (χ2v) is 7.26. The van der Waals surface area contributed by atoms with Gasteiger partial charge in [0.1, 0.15) is 0 Å². The minimum absolute atomic E-state index is 0.0387. The summed E-state index contributed by atoms with van der Waals surface area (Å²) in [7, 11) is 0. The summed E-state index contributed by atoms with van der Waals surface area (Å²) in [6.45, 7) is 4.60. The minimum Gasteiger partial charge on any atom is -0.391 e. The van der Waals surface area contributed by atoms with Crippen LogP contribution in [-0.2, 0) is 16.0 Å². The van der Waals surface area contributed by atoms with Gasteiger partial charge in [0.2, 0.25) is 11.8 Å². The fraction of sp³-hybridized carbons (Fsp3) is 0.364. The van der Waals surface area contributed by atoms with Gasteiger partial charge in [-0.05, 0) is 42.7 Å². The molecular weight excluding hydrogens is 340 g/mol. The molecule has 2 aromatic carbocycles. The maximum Gasteiger partial charge on any atom is 0.227 e. The number of aliphatic hydroxyl groups excluding tert-OH is 1. The van der Waals surface area contributed by atoms with E-state index in [9.17, 15) is 14.7 Å². The van der Waals surface area contributed by atoms with Crippen LogP contribution in [0.2, 0.25) is 0 Å². The van der Waals surface area contributed by atoms with Gasteiger partial charge in [0.25, 0.3) is 0 Å². The van der Waals surface area contributed by atoms with Gasteiger partial charge in [-0.15, -0.1) is 0 Å². The summed E-state index contributed by atoms with van der Waals surface area (Å²) in [5.41, 5.74) is 4.16. The van der Waals surface area contributed by atoms with Crippen molar-refractivity contribution in [3.63, 3.8) is 0 Å². The lowest BCUT2D eigenvalue weighted by Crippen LogP contribution is -2.38. The van der Waals surface area contributed by atoms with Crippen LogP contribution in [-0.4, -0.2) is 36.1 Å². The number of nitrogens with one attached hydrogen (secondary N) is 1. The van der Waals surface area contributed by atoms with Gasteiger partial charge in [-0.3, -0.25) is 9.59 Å². The van der Waals surface area contributed by atoms with Crippen molar-refractivity contribution in [1.82, 2.24) is 5.32 Å². The van der Waals surface area contributed by atoms with E-state index in [1.54, 1.807) is 4.90 Å². The van der Waals surface area contributed by atoms with Gasteiger partial charge in [0.15, 0.2) is 0 Å². The molecule has 0 radical (unpaired) electrons. The Labute approximate surface area is 160 Å². The van der Waals surface area contributed by atoms with Crippen LogP contribution in [0.5, 0.6) is 0 Å². The normalized spacial score (nSPS) is 17.8. The summed E-state index contributed by atoms with van der Waals surface area (Å²) in [5, 5.41) is 12.9. The SMILES string of the molecule is Cc1ccc(N2C[C@H](C(=O)NC[C@@H](O)Cc3ccccc3)CC2=O)cc1C. The van der Waals surface area contributed by atoms with Crippen LogP contribution in [0.4, 0.5) is 5.69 Å². The van der Waals surface area contributed by atoms with Crippen molar-refractivity contribution < 1.29 is 14.7 Å². The largest absolute Gasteiger partial charge is 0.391 e. The van der Waals surface area contributed by atoms with E-state index >= 15 is 0 Å². The summed E-state index contributed by atoms with van der Waals surface area (Å²) >= 11 is 0. The van der Waals surface area contributed by atoms with Crippen LogP contribution in [0.15, 0.2) is 48.5 Å². The van der Waals surface area contributed by atoms with Gasteiger partial charge in [0, 0.05) is 31.6 Å². The van der Waals surface area contributed by atoms with Gasteiger partial charge in [0.05, 0.1) is 12.0 Å². The zero-order valence-electron chi connectivity index (χ0n) is 15.8. The molecular formula is C22H26N2O3. The fourth-order valence-corrected chi connectivity index (χ4v) is 3.35. The molecule has 1 aliphatic rings. The summed E-state index contributed by atoms with van der Waals surface area (Å²) < 4.78 is 0. The summed E-state index contributed by atoms with van der Waals surface area (Å²) in [6.07, 6.45) is 0.0387. The third-order valence-corrected chi connectivity index (χ3v) is 5.12. The highest BCUT2D eigenvalue weighted by atomic mass is 16.3. The fourth-order valence-electron chi connectivity index (χ4n) is 3.35. The molecule has 1 saturated heterocycles. The van der Waals surface area contributed by atoms with E-state index in [4.69, 9.17) is 0 Å².